The number of piperidine rings is 1. The summed E-state index contributed by atoms with van der Waals surface area (Å²) < 4.78 is 27.0. The normalized spacial score (nSPS) is 18.3. The fourth-order valence-electron chi connectivity index (χ4n) is 4.42. The summed E-state index contributed by atoms with van der Waals surface area (Å²) in [5.41, 5.74) is 1.13. The molecular formula is C24H28ClN3O4S. The molecule has 1 amide bonds. The third-order valence-corrected chi connectivity index (χ3v) is 8.42. The first kappa shape index (κ1) is 23.9. The van der Waals surface area contributed by atoms with E-state index >= 15 is 0 Å². The van der Waals surface area contributed by atoms with E-state index in [0.717, 1.165) is 12.8 Å². The Morgan fingerprint density at radius 2 is 1.64 bits per heavy atom. The van der Waals surface area contributed by atoms with Gasteiger partial charge in [-0.05, 0) is 81.2 Å². The number of nitrogens with zero attached hydrogens (tertiary/aromatic N) is 2. The van der Waals surface area contributed by atoms with Crippen LogP contribution in [-0.4, -0.2) is 62.0 Å². The van der Waals surface area contributed by atoms with Crippen LogP contribution in [0.4, 0.5) is 5.69 Å². The van der Waals surface area contributed by atoms with Gasteiger partial charge < -0.3 is 5.32 Å². The fraction of sp³-hybridized carbons (Fsp3) is 0.417. The quantitative estimate of drug-likeness (QED) is 0.600. The van der Waals surface area contributed by atoms with E-state index in [1.54, 1.807) is 42.5 Å². The van der Waals surface area contributed by atoms with E-state index < -0.39 is 10.0 Å². The molecule has 9 heteroatoms. The van der Waals surface area contributed by atoms with Gasteiger partial charge in [0.25, 0.3) is 0 Å². The number of nitrogens with one attached hydrogen (secondary N) is 1. The molecular weight excluding hydrogens is 462 g/mol. The third-order valence-electron chi connectivity index (χ3n) is 6.27. The van der Waals surface area contributed by atoms with Gasteiger partial charge in [0.05, 0.1) is 11.4 Å². The van der Waals surface area contributed by atoms with Crippen molar-refractivity contribution < 1.29 is 18.0 Å². The summed E-state index contributed by atoms with van der Waals surface area (Å²) in [6.45, 7) is 2.58. The largest absolute Gasteiger partial charge is 0.325 e. The molecule has 2 heterocycles. The Kier molecular flexibility index (Phi) is 7.48. The molecule has 0 radical (unpaired) electrons. The van der Waals surface area contributed by atoms with E-state index in [-0.39, 0.29) is 29.0 Å². The topological polar surface area (TPSA) is 86.8 Å². The number of halogens is 1. The molecule has 2 aromatic rings. The maximum Gasteiger partial charge on any atom is 0.243 e. The number of carbonyl (C=O) groups is 2. The Morgan fingerprint density at radius 3 is 2.30 bits per heavy atom. The lowest BCUT2D eigenvalue weighted by Gasteiger charge is -2.30. The van der Waals surface area contributed by atoms with Crippen molar-refractivity contribution in [2.75, 3.05) is 38.0 Å². The van der Waals surface area contributed by atoms with E-state index in [0.29, 0.717) is 55.3 Å². The van der Waals surface area contributed by atoms with Gasteiger partial charge in [0.1, 0.15) is 0 Å². The maximum atomic E-state index is 12.8. The van der Waals surface area contributed by atoms with Crippen LogP contribution >= 0.6 is 11.6 Å². The zero-order valence-electron chi connectivity index (χ0n) is 18.4. The summed E-state index contributed by atoms with van der Waals surface area (Å²) in [6, 6.07) is 13.4. The Balaban J connectivity index is 1.29. The molecule has 2 aliphatic heterocycles. The molecule has 0 aromatic heterocycles. The van der Waals surface area contributed by atoms with E-state index in [2.05, 4.69) is 5.32 Å². The minimum absolute atomic E-state index is 0.0574. The van der Waals surface area contributed by atoms with Gasteiger partial charge in [0, 0.05) is 35.3 Å². The van der Waals surface area contributed by atoms with Crippen molar-refractivity contribution in [2.24, 2.45) is 5.92 Å². The number of carbonyl (C=O) groups excluding carboxylic acids is 2. The summed E-state index contributed by atoms with van der Waals surface area (Å²) in [7, 11) is -3.53. The smallest absolute Gasteiger partial charge is 0.243 e. The summed E-state index contributed by atoms with van der Waals surface area (Å²) in [6.07, 6.45) is 3.13. The molecule has 0 spiro atoms. The number of rotatable bonds is 7. The van der Waals surface area contributed by atoms with Gasteiger partial charge in [-0.1, -0.05) is 17.7 Å². The molecule has 0 saturated carbocycles. The van der Waals surface area contributed by atoms with Gasteiger partial charge >= 0.3 is 0 Å². The lowest BCUT2D eigenvalue weighted by atomic mass is 9.89. The summed E-state index contributed by atoms with van der Waals surface area (Å²) >= 11 is 5.90. The molecule has 7 nitrogen and oxygen atoms in total. The SMILES string of the molecule is O=C(CN1CCC(C(=O)c2ccc(Cl)cc2)CC1)Nc1cccc(S(=O)(=O)N2CCCC2)c1. The first-order valence-electron chi connectivity index (χ1n) is 11.2. The van der Waals surface area contributed by atoms with Crippen molar-refractivity contribution in [3.63, 3.8) is 0 Å². The molecule has 2 aromatic carbocycles. The highest BCUT2D eigenvalue weighted by Crippen LogP contribution is 2.24. The van der Waals surface area contributed by atoms with Gasteiger partial charge in [0.2, 0.25) is 15.9 Å². The Labute approximate surface area is 199 Å². The molecule has 0 unspecified atom stereocenters. The van der Waals surface area contributed by atoms with Gasteiger partial charge in [-0.3, -0.25) is 14.5 Å². The number of sulfonamides is 1. The van der Waals surface area contributed by atoms with Crippen molar-refractivity contribution in [2.45, 2.75) is 30.6 Å². The summed E-state index contributed by atoms with van der Waals surface area (Å²) in [5.74, 6) is -0.141. The number of hydrogen-bond donors (Lipinski definition) is 1. The number of ketones is 1. The average molecular weight is 490 g/mol. The molecule has 0 bridgehead atoms. The van der Waals surface area contributed by atoms with Crippen molar-refractivity contribution in [3.8, 4) is 0 Å². The van der Waals surface area contributed by atoms with Crippen molar-refractivity contribution in [3.05, 3.63) is 59.1 Å². The highest BCUT2D eigenvalue weighted by molar-refractivity contribution is 7.89. The monoisotopic (exact) mass is 489 g/mol. The van der Waals surface area contributed by atoms with Crippen LogP contribution < -0.4 is 5.32 Å². The van der Waals surface area contributed by atoms with E-state index in [1.807, 2.05) is 4.90 Å². The average Bonchev–Trinajstić information content (AvgIpc) is 3.36. The minimum atomic E-state index is -3.53. The third kappa shape index (κ3) is 5.81. The van der Waals surface area contributed by atoms with E-state index in [9.17, 15) is 18.0 Å². The molecule has 176 valence electrons. The van der Waals surface area contributed by atoms with Crippen LogP contribution in [0, 0.1) is 5.92 Å². The number of hydrogen-bond acceptors (Lipinski definition) is 5. The van der Waals surface area contributed by atoms with Crippen LogP contribution in [-0.2, 0) is 14.8 Å². The second kappa shape index (κ2) is 10.3. The van der Waals surface area contributed by atoms with Gasteiger partial charge in [-0.2, -0.15) is 4.31 Å². The highest BCUT2D eigenvalue weighted by Gasteiger charge is 2.28. The predicted molar refractivity (Wildman–Crippen MR) is 128 cm³/mol. The lowest BCUT2D eigenvalue weighted by molar-refractivity contribution is -0.117. The Bertz CT molecular complexity index is 1110. The van der Waals surface area contributed by atoms with Crippen molar-refractivity contribution >= 4 is 39.0 Å². The van der Waals surface area contributed by atoms with Crippen LogP contribution in [0.1, 0.15) is 36.0 Å². The zero-order chi connectivity index (χ0) is 23.4. The van der Waals surface area contributed by atoms with Gasteiger partial charge in [0.15, 0.2) is 5.78 Å². The predicted octanol–water partition coefficient (Wildman–Crippen LogP) is 3.66. The fourth-order valence-corrected chi connectivity index (χ4v) is 6.11. The van der Waals surface area contributed by atoms with Gasteiger partial charge in [-0.25, -0.2) is 8.42 Å². The van der Waals surface area contributed by atoms with Crippen LogP contribution in [0.3, 0.4) is 0 Å². The summed E-state index contributed by atoms with van der Waals surface area (Å²) in [4.78, 5) is 27.5. The first-order chi connectivity index (χ1) is 15.8. The van der Waals surface area contributed by atoms with Crippen molar-refractivity contribution in [1.29, 1.82) is 0 Å². The molecule has 0 aliphatic carbocycles. The molecule has 1 N–H and O–H groups in total. The Morgan fingerprint density at radius 1 is 0.970 bits per heavy atom. The highest BCUT2D eigenvalue weighted by atomic mass is 35.5. The second-order valence-electron chi connectivity index (χ2n) is 8.61. The molecule has 33 heavy (non-hydrogen) atoms. The van der Waals surface area contributed by atoms with Crippen LogP contribution in [0.15, 0.2) is 53.4 Å². The van der Waals surface area contributed by atoms with Gasteiger partial charge in [-0.15, -0.1) is 0 Å². The second-order valence-corrected chi connectivity index (χ2v) is 11.0. The van der Waals surface area contributed by atoms with Crippen molar-refractivity contribution in [1.82, 2.24) is 9.21 Å². The zero-order valence-corrected chi connectivity index (χ0v) is 19.9. The van der Waals surface area contributed by atoms with Crippen LogP contribution in [0.25, 0.3) is 0 Å². The van der Waals surface area contributed by atoms with E-state index in [1.165, 1.54) is 10.4 Å². The number of anilines is 1. The maximum absolute atomic E-state index is 12.8. The molecule has 2 fully saturated rings. The Hall–Kier alpha value is -2.26. The van der Waals surface area contributed by atoms with E-state index in [4.69, 9.17) is 11.6 Å². The minimum Gasteiger partial charge on any atom is -0.325 e. The molecule has 2 saturated heterocycles. The van der Waals surface area contributed by atoms with Crippen LogP contribution in [0.5, 0.6) is 0 Å². The summed E-state index contributed by atoms with van der Waals surface area (Å²) in [5, 5.41) is 3.42. The standard InChI is InChI=1S/C24H28ClN3O4S/c25-20-8-6-18(7-9-20)24(30)19-10-14-27(15-11-19)17-23(29)26-21-4-3-5-22(16-21)33(31,32)28-12-1-2-13-28/h3-9,16,19H,1-2,10-15,17H2,(H,26,29). The number of Topliss-reactive ketones (excluding diaryl/α,β-unsaturated/α-hetero) is 1. The van der Waals surface area contributed by atoms with Crippen LogP contribution in [0.2, 0.25) is 5.02 Å². The number of amides is 1. The number of likely N-dealkylation sites (tertiary alicyclic amines) is 1. The molecule has 2 aliphatic rings. The molecule has 4 rings (SSSR count). The first-order valence-corrected chi connectivity index (χ1v) is 13.1. The molecule has 0 atom stereocenters. The lowest BCUT2D eigenvalue weighted by Crippen LogP contribution is -2.40. The number of benzene rings is 2.